The molecule has 0 spiro atoms. The Hall–Kier alpha value is -6.50. The van der Waals surface area contributed by atoms with Gasteiger partial charge in [0.15, 0.2) is 0 Å². The molecular formula is C50H32. The molecule has 0 aliphatic heterocycles. The fourth-order valence-corrected chi connectivity index (χ4v) is 7.90. The lowest BCUT2D eigenvalue weighted by atomic mass is 9.85. The molecule has 0 aliphatic rings. The molecule has 0 radical (unpaired) electrons. The summed E-state index contributed by atoms with van der Waals surface area (Å²) >= 11 is 0. The van der Waals surface area contributed by atoms with Crippen molar-refractivity contribution in [2.45, 2.75) is 0 Å². The third-order valence-electron chi connectivity index (χ3n) is 10.4. The van der Waals surface area contributed by atoms with Crippen LogP contribution in [0.3, 0.4) is 0 Å². The van der Waals surface area contributed by atoms with E-state index in [0.29, 0.717) is 0 Å². The minimum Gasteiger partial charge on any atom is -0.0616 e. The van der Waals surface area contributed by atoms with Crippen molar-refractivity contribution in [3.63, 3.8) is 0 Å². The maximum Gasteiger partial charge on any atom is -0.00262 e. The van der Waals surface area contributed by atoms with Gasteiger partial charge in [0.2, 0.25) is 0 Å². The van der Waals surface area contributed by atoms with Gasteiger partial charge in [-0.3, -0.25) is 0 Å². The van der Waals surface area contributed by atoms with Crippen LogP contribution in [0, 0.1) is 0 Å². The highest BCUT2D eigenvalue weighted by Crippen LogP contribution is 2.44. The van der Waals surface area contributed by atoms with Crippen molar-refractivity contribution in [2.24, 2.45) is 0 Å². The first-order valence-corrected chi connectivity index (χ1v) is 17.3. The first-order valence-electron chi connectivity index (χ1n) is 17.3. The van der Waals surface area contributed by atoms with Gasteiger partial charge < -0.3 is 0 Å². The Balaban J connectivity index is 1.09. The van der Waals surface area contributed by atoms with Crippen LogP contribution in [0.5, 0.6) is 0 Å². The zero-order valence-corrected chi connectivity index (χ0v) is 27.5. The Morgan fingerprint density at radius 2 is 0.460 bits per heavy atom. The van der Waals surface area contributed by atoms with Gasteiger partial charge in [0.25, 0.3) is 0 Å². The molecule has 10 aromatic rings. The summed E-state index contributed by atoms with van der Waals surface area (Å²) in [5.41, 5.74) is 9.98. The second-order valence-electron chi connectivity index (χ2n) is 13.3. The van der Waals surface area contributed by atoms with Gasteiger partial charge in [0.1, 0.15) is 0 Å². The molecule has 10 rings (SSSR count). The molecule has 0 fully saturated rings. The van der Waals surface area contributed by atoms with Crippen molar-refractivity contribution < 1.29 is 0 Å². The monoisotopic (exact) mass is 632 g/mol. The topological polar surface area (TPSA) is 0 Å². The second kappa shape index (κ2) is 11.6. The summed E-state index contributed by atoms with van der Waals surface area (Å²) in [7, 11) is 0. The number of rotatable bonds is 4. The highest BCUT2D eigenvalue weighted by molar-refractivity contribution is 6.21. The van der Waals surface area contributed by atoms with Crippen molar-refractivity contribution in [2.75, 3.05) is 0 Å². The van der Waals surface area contributed by atoms with Gasteiger partial charge in [-0.1, -0.05) is 170 Å². The Bertz CT molecular complexity index is 2850. The highest BCUT2D eigenvalue weighted by Gasteiger charge is 2.17. The van der Waals surface area contributed by atoms with E-state index in [2.05, 4.69) is 194 Å². The van der Waals surface area contributed by atoms with Crippen molar-refractivity contribution in [1.82, 2.24) is 0 Å². The van der Waals surface area contributed by atoms with E-state index in [1.54, 1.807) is 0 Å². The van der Waals surface area contributed by atoms with E-state index in [1.165, 1.54) is 98.4 Å². The molecule has 0 atom stereocenters. The summed E-state index contributed by atoms with van der Waals surface area (Å²) in [5, 5.41) is 12.6. The van der Waals surface area contributed by atoms with Gasteiger partial charge in [-0.15, -0.1) is 0 Å². The molecule has 0 unspecified atom stereocenters. The third-order valence-corrected chi connectivity index (χ3v) is 10.4. The Morgan fingerprint density at radius 1 is 0.180 bits per heavy atom. The molecule has 50 heavy (non-hydrogen) atoms. The molecule has 0 aromatic heterocycles. The fourth-order valence-electron chi connectivity index (χ4n) is 7.90. The molecule has 0 aliphatic carbocycles. The van der Waals surface area contributed by atoms with Gasteiger partial charge >= 0.3 is 0 Å². The standard InChI is InChI=1S/C50H32/c1-3-11-37-29-39(23-19-33(37)9-1)35-17-21-36(22-18-35)49-45-13-5-7-15-47(45)50(48-16-8-6-14-46(48)49)44-28-27-42-31-41(25-26-43(42)32-44)40-24-20-34-10-2-4-12-38(34)30-40/h1-32H. The van der Waals surface area contributed by atoms with Crippen LogP contribution >= 0.6 is 0 Å². The fraction of sp³-hybridized carbons (Fsp3) is 0. The Labute approximate surface area is 291 Å². The summed E-state index contributed by atoms with van der Waals surface area (Å²) in [5.74, 6) is 0. The normalized spacial score (nSPS) is 11.6. The van der Waals surface area contributed by atoms with E-state index < -0.39 is 0 Å². The zero-order valence-electron chi connectivity index (χ0n) is 27.5. The first-order chi connectivity index (χ1) is 24.8. The number of hydrogen-bond donors (Lipinski definition) is 0. The number of benzene rings is 10. The van der Waals surface area contributed by atoms with Crippen LogP contribution in [0.15, 0.2) is 194 Å². The first kappa shape index (κ1) is 28.5. The molecule has 0 saturated carbocycles. The van der Waals surface area contributed by atoms with Crippen molar-refractivity contribution in [1.29, 1.82) is 0 Å². The van der Waals surface area contributed by atoms with E-state index in [1.807, 2.05) is 0 Å². The molecular weight excluding hydrogens is 601 g/mol. The molecule has 10 aromatic carbocycles. The van der Waals surface area contributed by atoms with Crippen molar-refractivity contribution >= 4 is 53.9 Å². The van der Waals surface area contributed by atoms with Gasteiger partial charge in [0.05, 0.1) is 0 Å². The largest absolute Gasteiger partial charge is 0.0616 e. The van der Waals surface area contributed by atoms with Crippen LogP contribution in [0.1, 0.15) is 0 Å². The lowest BCUT2D eigenvalue weighted by molar-refractivity contribution is 1.63. The van der Waals surface area contributed by atoms with E-state index in [-0.39, 0.29) is 0 Å². The molecule has 0 saturated heterocycles. The summed E-state index contributed by atoms with van der Waals surface area (Å²) in [6.45, 7) is 0. The van der Waals surface area contributed by atoms with Gasteiger partial charge in [-0.25, -0.2) is 0 Å². The van der Waals surface area contributed by atoms with Crippen LogP contribution in [-0.2, 0) is 0 Å². The third kappa shape index (κ3) is 4.77. The summed E-state index contributed by atoms with van der Waals surface area (Å²) in [6, 6.07) is 71.4. The quantitative estimate of drug-likeness (QED) is 0.169. The van der Waals surface area contributed by atoms with E-state index in [0.717, 1.165) is 0 Å². The smallest absolute Gasteiger partial charge is 0.00262 e. The molecule has 0 nitrogen and oxygen atoms in total. The minimum atomic E-state index is 1.23. The number of hydrogen-bond acceptors (Lipinski definition) is 0. The Kier molecular flexibility index (Phi) is 6.60. The summed E-state index contributed by atoms with van der Waals surface area (Å²) in [6.07, 6.45) is 0. The summed E-state index contributed by atoms with van der Waals surface area (Å²) < 4.78 is 0. The molecule has 232 valence electrons. The maximum absolute atomic E-state index is 2.37. The SMILES string of the molecule is c1ccc2cc(-c3ccc(-c4c5ccccc5c(-c5ccc6cc(-c7ccc8ccccc8c7)ccc6c5)c5ccccc45)cc3)ccc2c1. The van der Waals surface area contributed by atoms with Crippen LogP contribution in [-0.4, -0.2) is 0 Å². The lowest BCUT2D eigenvalue weighted by Crippen LogP contribution is -1.91. The van der Waals surface area contributed by atoms with E-state index >= 15 is 0 Å². The van der Waals surface area contributed by atoms with E-state index in [4.69, 9.17) is 0 Å². The van der Waals surface area contributed by atoms with Crippen LogP contribution in [0.4, 0.5) is 0 Å². The predicted molar refractivity (Wildman–Crippen MR) is 216 cm³/mol. The van der Waals surface area contributed by atoms with Crippen LogP contribution < -0.4 is 0 Å². The predicted octanol–water partition coefficient (Wildman–Crippen LogP) is 14.1. The molecule has 0 bridgehead atoms. The highest BCUT2D eigenvalue weighted by atomic mass is 14.2. The summed E-state index contributed by atoms with van der Waals surface area (Å²) in [4.78, 5) is 0. The van der Waals surface area contributed by atoms with Crippen LogP contribution in [0.2, 0.25) is 0 Å². The second-order valence-corrected chi connectivity index (χ2v) is 13.3. The van der Waals surface area contributed by atoms with Crippen molar-refractivity contribution in [3.05, 3.63) is 194 Å². The average molecular weight is 633 g/mol. The maximum atomic E-state index is 2.37. The lowest BCUT2D eigenvalue weighted by Gasteiger charge is -2.18. The van der Waals surface area contributed by atoms with Gasteiger partial charge in [0, 0.05) is 0 Å². The van der Waals surface area contributed by atoms with Crippen molar-refractivity contribution in [3.8, 4) is 44.5 Å². The zero-order chi connectivity index (χ0) is 33.0. The molecule has 0 N–H and O–H groups in total. The molecule has 0 amide bonds. The van der Waals surface area contributed by atoms with Crippen LogP contribution in [0.25, 0.3) is 98.4 Å². The molecule has 0 heterocycles. The average Bonchev–Trinajstić information content (AvgIpc) is 3.19. The van der Waals surface area contributed by atoms with Gasteiger partial charge in [-0.2, -0.15) is 0 Å². The molecule has 0 heteroatoms. The minimum absolute atomic E-state index is 1.23. The van der Waals surface area contributed by atoms with Gasteiger partial charge in [-0.05, 0) is 123 Å². The van der Waals surface area contributed by atoms with E-state index in [9.17, 15) is 0 Å². The number of fused-ring (bicyclic) bond motifs is 5. The Morgan fingerprint density at radius 3 is 0.940 bits per heavy atom.